The number of esters is 1. The van der Waals surface area contributed by atoms with Crippen molar-refractivity contribution < 1.29 is 19.1 Å². The molecular weight excluding hydrogens is 438 g/mol. The summed E-state index contributed by atoms with van der Waals surface area (Å²) in [7, 11) is 1.61. The van der Waals surface area contributed by atoms with Gasteiger partial charge < -0.3 is 14.5 Å². The van der Waals surface area contributed by atoms with Crippen molar-refractivity contribution in [2.24, 2.45) is 5.92 Å². The van der Waals surface area contributed by atoms with Crippen molar-refractivity contribution in [1.29, 1.82) is 0 Å². The summed E-state index contributed by atoms with van der Waals surface area (Å²) >= 11 is 7.65. The van der Waals surface area contributed by atoms with Gasteiger partial charge in [-0.05, 0) is 25.8 Å². The Morgan fingerprint density at radius 1 is 1.32 bits per heavy atom. The highest BCUT2D eigenvalue weighted by Gasteiger charge is 2.30. The van der Waals surface area contributed by atoms with Crippen molar-refractivity contribution in [3.8, 4) is 10.6 Å². The molecule has 0 aliphatic carbocycles. The number of likely N-dealkylation sites (N-methyl/N-ethyl adjacent to an activating group) is 1. The van der Waals surface area contributed by atoms with Crippen LogP contribution < -0.4 is 0 Å². The summed E-state index contributed by atoms with van der Waals surface area (Å²) in [6, 6.07) is 7.43. The summed E-state index contributed by atoms with van der Waals surface area (Å²) in [6.45, 7) is 2.99. The Labute approximate surface area is 191 Å². The highest BCUT2D eigenvalue weighted by Crippen LogP contribution is 2.30. The van der Waals surface area contributed by atoms with Gasteiger partial charge in [-0.25, -0.2) is 4.98 Å². The Morgan fingerprint density at radius 2 is 2.10 bits per heavy atom. The van der Waals surface area contributed by atoms with Gasteiger partial charge in [-0.3, -0.25) is 14.4 Å². The number of carbonyl (C=O) groups is 3. The molecule has 7 nitrogen and oxygen atoms in total. The number of piperidine rings is 1. The summed E-state index contributed by atoms with van der Waals surface area (Å²) in [5.74, 6) is -0.914. The van der Waals surface area contributed by atoms with Gasteiger partial charge in [0.25, 0.3) is 0 Å². The van der Waals surface area contributed by atoms with Gasteiger partial charge >= 0.3 is 5.97 Å². The number of halogens is 1. The molecule has 9 heteroatoms. The zero-order chi connectivity index (χ0) is 22.4. The molecule has 1 aromatic heterocycles. The maximum absolute atomic E-state index is 12.7. The molecule has 1 aromatic carbocycles. The summed E-state index contributed by atoms with van der Waals surface area (Å²) in [5.41, 5.74) is 1.47. The summed E-state index contributed by atoms with van der Waals surface area (Å²) < 4.78 is 5.08. The van der Waals surface area contributed by atoms with E-state index in [1.807, 2.05) is 23.6 Å². The molecule has 1 fully saturated rings. The van der Waals surface area contributed by atoms with Gasteiger partial charge in [-0.1, -0.05) is 29.8 Å². The normalized spacial score (nSPS) is 16.1. The average Bonchev–Trinajstić information content (AvgIpc) is 3.22. The third-order valence-corrected chi connectivity index (χ3v) is 6.43. The minimum Gasteiger partial charge on any atom is -0.466 e. The Kier molecular flexibility index (Phi) is 8.03. The van der Waals surface area contributed by atoms with Gasteiger partial charge in [0.15, 0.2) is 0 Å². The lowest BCUT2D eigenvalue weighted by Gasteiger charge is -2.32. The van der Waals surface area contributed by atoms with Crippen LogP contribution in [-0.2, 0) is 25.5 Å². The lowest BCUT2D eigenvalue weighted by atomic mass is 9.98. The average molecular weight is 464 g/mol. The molecule has 0 spiro atoms. The third kappa shape index (κ3) is 6.04. The second-order valence-corrected chi connectivity index (χ2v) is 8.75. The second-order valence-electron chi connectivity index (χ2n) is 7.48. The Hall–Kier alpha value is -2.45. The Balaban J connectivity index is 1.54. The van der Waals surface area contributed by atoms with Crippen molar-refractivity contribution in [3.63, 3.8) is 0 Å². The van der Waals surface area contributed by atoms with Crippen LogP contribution in [0.4, 0.5) is 0 Å². The maximum Gasteiger partial charge on any atom is 0.310 e. The standard InChI is InChI=1S/C22H26ClN3O4S/c1-3-30-22(29)15-7-6-10-26(12-15)20(28)13-25(2)19(27)11-16-14-31-21(24-16)17-8-4-5-9-18(17)23/h4-5,8-9,14-15H,3,6-7,10-13H2,1-2H3. The van der Waals surface area contributed by atoms with Crippen LogP contribution in [0.15, 0.2) is 29.6 Å². The lowest BCUT2D eigenvalue weighted by Crippen LogP contribution is -2.47. The smallest absolute Gasteiger partial charge is 0.310 e. The first-order valence-electron chi connectivity index (χ1n) is 10.3. The van der Waals surface area contributed by atoms with Crippen molar-refractivity contribution in [2.75, 3.05) is 33.3 Å². The molecule has 0 saturated carbocycles. The van der Waals surface area contributed by atoms with E-state index in [9.17, 15) is 14.4 Å². The fourth-order valence-corrected chi connectivity index (χ4v) is 4.62. The van der Waals surface area contributed by atoms with Crippen LogP contribution in [0.5, 0.6) is 0 Å². The van der Waals surface area contributed by atoms with E-state index >= 15 is 0 Å². The van der Waals surface area contributed by atoms with Gasteiger partial charge in [0, 0.05) is 31.1 Å². The highest BCUT2D eigenvalue weighted by atomic mass is 35.5. The molecule has 0 bridgehead atoms. The summed E-state index contributed by atoms with van der Waals surface area (Å²) in [4.78, 5) is 44.8. The predicted molar refractivity (Wildman–Crippen MR) is 120 cm³/mol. The van der Waals surface area contributed by atoms with E-state index in [4.69, 9.17) is 16.3 Å². The van der Waals surface area contributed by atoms with Crippen LogP contribution in [0.2, 0.25) is 5.02 Å². The quantitative estimate of drug-likeness (QED) is 0.589. The highest BCUT2D eigenvalue weighted by molar-refractivity contribution is 7.13. The zero-order valence-electron chi connectivity index (χ0n) is 17.7. The van der Waals surface area contributed by atoms with Gasteiger partial charge in [-0.15, -0.1) is 11.3 Å². The number of carbonyl (C=O) groups excluding carboxylic acids is 3. The van der Waals surface area contributed by atoms with Crippen LogP contribution in [0.1, 0.15) is 25.5 Å². The Morgan fingerprint density at radius 3 is 2.84 bits per heavy atom. The number of thiazole rings is 1. The van der Waals surface area contributed by atoms with Crippen LogP contribution in [0.25, 0.3) is 10.6 Å². The predicted octanol–water partition coefficient (Wildman–Crippen LogP) is 3.27. The van der Waals surface area contributed by atoms with Gasteiger partial charge in [0.05, 0.1) is 36.2 Å². The molecule has 2 heterocycles. The molecule has 1 saturated heterocycles. The molecule has 1 unspecified atom stereocenters. The van der Waals surface area contributed by atoms with Gasteiger partial charge in [-0.2, -0.15) is 0 Å². The monoisotopic (exact) mass is 463 g/mol. The lowest BCUT2D eigenvalue weighted by molar-refractivity contribution is -0.152. The topological polar surface area (TPSA) is 79.8 Å². The van der Waals surface area contributed by atoms with Crippen molar-refractivity contribution in [3.05, 3.63) is 40.4 Å². The zero-order valence-corrected chi connectivity index (χ0v) is 19.2. The SMILES string of the molecule is CCOC(=O)C1CCCN(C(=O)CN(C)C(=O)Cc2csc(-c3ccccc3Cl)n2)C1. The third-order valence-electron chi connectivity index (χ3n) is 5.18. The van der Waals surface area contributed by atoms with E-state index in [0.29, 0.717) is 30.4 Å². The van der Waals surface area contributed by atoms with Gasteiger partial charge in [0.1, 0.15) is 5.01 Å². The van der Waals surface area contributed by atoms with E-state index in [1.165, 1.54) is 16.2 Å². The van der Waals surface area contributed by atoms with Crippen molar-refractivity contribution in [2.45, 2.75) is 26.2 Å². The molecule has 1 aliphatic rings. The molecule has 1 atom stereocenters. The molecule has 0 radical (unpaired) electrons. The number of rotatable bonds is 7. The minimum atomic E-state index is -0.295. The number of likely N-dealkylation sites (tertiary alicyclic amines) is 1. The van der Waals surface area contributed by atoms with Gasteiger partial charge in [0.2, 0.25) is 11.8 Å². The molecular formula is C22H26ClN3O4S. The minimum absolute atomic E-state index is 0.0319. The number of amides is 2. The van der Waals surface area contributed by atoms with E-state index in [2.05, 4.69) is 4.98 Å². The first-order valence-corrected chi connectivity index (χ1v) is 11.5. The molecule has 2 amide bonds. The van der Waals surface area contributed by atoms with Crippen LogP contribution in [-0.4, -0.2) is 65.9 Å². The largest absolute Gasteiger partial charge is 0.466 e. The molecule has 2 aromatic rings. The number of aromatic nitrogens is 1. The molecule has 3 rings (SSSR count). The number of nitrogens with zero attached hydrogens (tertiary/aromatic N) is 3. The number of hydrogen-bond acceptors (Lipinski definition) is 6. The Bertz CT molecular complexity index is 948. The fraction of sp³-hybridized carbons (Fsp3) is 0.455. The molecule has 166 valence electrons. The maximum atomic E-state index is 12.7. The van der Waals surface area contributed by atoms with E-state index < -0.39 is 0 Å². The van der Waals surface area contributed by atoms with Crippen LogP contribution in [0, 0.1) is 5.92 Å². The second kappa shape index (κ2) is 10.7. The van der Waals surface area contributed by atoms with E-state index in [-0.39, 0.29) is 36.7 Å². The number of benzene rings is 1. The van der Waals surface area contributed by atoms with Crippen LogP contribution >= 0.6 is 22.9 Å². The fourth-order valence-electron chi connectivity index (χ4n) is 3.48. The number of hydrogen-bond donors (Lipinski definition) is 0. The molecule has 31 heavy (non-hydrogen) atoms. The van der Waals surface area contributed by atoms with E-state index in [0.717, 1.165) is 23.4 Å². The van der Waals surface area contributed by atoms with E-state index in [1.54, 1.807) is 24.9 Å². The summed E-state index contributed by atoms with van der Waals surface area (Å²) in [6.07, 6.45) is 1.57. The van der Waals surface area contributed by atoms with Crippen molar-refractivity contribution >= 4 is 40.7 Å². The first-order chi connectivity index (χ1) is 14.9. The molecule has 1 aliphatic heterocycles. The first kappa shape index (κ1) is 23.2. The van der Waals surface area contributed by atoms with Crippen LogP contribution in [0.3, 0.4) is 0 Å². The summed E-state index contributed by atoms with van der Waals surface area (Å²) in [5, 5.41) is 3.20. The van der Waals surface area contributed by atoms with Crippen molar-refractivity contribution in [1.82, 2.24) is 14.8 Å². The molecule has 0 N–H and O–H groups in total. The number of ether oxygens (including phenoxy) is 1.